The molecule has 0 aliphatic heterocycles. The Kier molecular flexibility index (Phi) is 5.23. The van der Waals surface area contributed by atoms with Crippen molar-refractivity contribution in [3.63, 3.8) is 0 Å². The van der Waals surface area contributed by atoms with Crippen molar-refractivity contribution < 1.29 is 5.11 Å². The van der Waals surface area contributed by atoms with Crippen molar-refractivity contribution >= 4 is 15.9 Å². The summed E-state index contributed by atoms with van der Waals surface area (Å²) in [6, 6.07) is 16.3. The molecule has 21 heavy (non-hydrogen) atoms. The van der Waals surface area contributed by atoms with Gasteiger partial charge >= 0.3 is 0 Å². The Labute approximate surface area is 136 Å². The van der Waals surface area contributed by atoms with Crippen molar-refractivity contribution in [2.45, 2.75) is 39.2 Å². The number of rotatable bonds is 5. The van der Waals surface area contributed by atoms with Crippen LogP contribution in [0.1, 0.15) is 43.9 Å². The summed E-state index contributed by atoms with van der Waals surface area (Å²) in [6.45, 7) is 6.45. The van der Waals surface area contributed by atoms with E-state index in [-0.39, 0.29) is 0 Å². The Balaban J connectivity index is 2.45. The van der Waals surface area contributed by atoms with Gasteiger partial charge in [0.1, 0.15) is 5.60 Å². The zero-order valence-corrected chi connectivity index (χ0v) is 14.5. The quantitative estimate of drug-likeness (QED) is 0.779. The minimum absolute atomic E-state index is 0.612. The van der Waals surface area contributed by atoms with Gasteiger partial charge < -0.3 is 5.11 Å². The average molecular weight is 347 g/mol. The van der Waals surface area contributed by atoms with Crippen molar-refractivity contribution in [2.24, 2.45) is 5.92 Å². The molecular weight excluding hydrogens is 324 g/mol. The molecule has 2 heteroatoms. The second kappa shape index (κ2) is 6.76. The van der Waals surface area contributed by atoms with E-state index in [1.807, 2.05) is 43.3 Å². The van der Waals surface area contributed by atoms with E-state index in [0.29, 0.717) is 12.3 Å². The van der Waals surface area contributed by atoms with Crippen LogP contribution >= 0.6 is 15.9 Å². The molecule has 1 N–H and O–H groups in total. The Morgan fingerprint density at radius 2 is 1.67 bits per heavy atom. The molecule has 0 aliphatic rings. The van der Waals surface area contributed by atoms with Gasteiger partial charge in [0.25, 0.3) is 0 Å². The first-order valence-corrected chi connectivity index (χ1v) is 8.33. The fourth-order valence-corrected chi connectivity index (χ4v) is 3.15. The maximum absolute atomic E-state index is 11.2. The van der Waals surface area contributed by atoms with Gasteiger partial charge in [0.05, 0.1) is 0 Å². The van der Waals surface area contributed by atoms with Crippen LogP contribution in [0.3, 0.4) is 0 Å². The molecule has 0 spiro atoms. The van der Waals surface area contributed by atoms with E-state index in [4.69, 9.17) is 0 Å². The number of hydrogen-bond donors (Lipinski definition) is 1. The van der Waals surface area contributed by atoms with E-state index in [9.17, 15) is 5.11 Å². The van der Waals surface area contributed by atoms with Crippen molar-refractivity contribution in [3.05, 3.63) is 69.7 Å². The summed E-state index contributed by atoms with van der Waals surface area (Å²) in [7, 11) is 0. The van der Waals surface area contributed by atoms with Crippen molar-refractivity contribution in [1.29, 1.82) is 0 Å². The molecule has 1 unspecified atom stereocenters. The topological polar surface area (TPSA) is 20.2 Å². The summed E-state index contributed by atoms with van der Waals surface area (Å²) < 4.78 is 0.991. The van der Waals surface area contributed by atoms with Crippen LogP contribution in [-0.4, -0.2) is 5.11 Å². The van der Waals surface area contributed by atoms with Gasteiger partial charge in [0, 0.05) is 4.47 Å². The molecule has 0 bridgehead atoms. The molecule has 2 aromatic rings. The predicted molar refractivity (Wildman–Crippen MR) is 92.4 cm³/mol. The number of halogens is 1. The van der Waals surface area contributed by atoms with E-state index in [1.165, 1.54) is 5.56 Å². The van der Waals surface area contributed by atoms with Crippen LogP contribution in [0, 0.1) is 5.92 Å². The van der Waals surface area contributed by atoms with Gasteiger partial charge in [-0.2, -0.15) is 0 Å². The van der Waals surface area contributed by atoms with E-state index in [2.05, 4.69) is 41.9 Å². The highest BCUT2D eigenvalue weighted by molar-refractivity contribution is 9.10. The second-order valence-electron chi connectivity index (χ2n) is 6.02. The largest absolute Gasteiger partial charge is 0.380 e. The van der Waals surface area contributed by atoms with E-state index in [1.54, 1.807) is 0 Å². The van der Waals surface area contributed by atoms with E-state index in [0.717, 1.165) is 22.0 Å². The molecule has 0 heterocycles. The van der Waals surface area contributed by atoms with Gasteiger partial charge in [0.15, 0.2) is 0 Å². The molecule has 0 aromatic heterocycles. The zero-order chi connectivity index (χ0) is 15.5. The van der Waals surface area contributed by atoms with Gasteiger partial charge in [-0.3, -0.25) is 0 Å². The number of benzene rings is 2. The number of aliphatic hydroxyl groups is 1. The first kappa shape index (κ1) is 16.3. The fraction of sp³-hybridized carbons (Fsp3) is 0.368. The first-order chi connectivity index (χ1) is 9.95. The van der Waals surface area contributed by atoms with Gasteiger partial charge in [0.2, 0.25) is 0 Å². The molecule has 2 aromatic carbocycles. The van der Waals surface area contributed by atoms with Crippen LogP contribution in [0.5, 0.6) is 0 Å². The molecule has 2 rings (SSSR count). The summed E-state index contributed by atoms with van der Waals surface area (Å²) in [6.07, 6.45) is 1.68. The molecule has 0 saturated heterocycles. The minimum atomic E-state index is -0.934. The lowest BCUT2D eigenvalue weighted by Gasteiger charge is -2.29. The third kappa shape index (κ3) is 3.75. The van der Waals surface area contributed by atoms with Crippen LogP contribution < -0.4 is 0 Å². The van der Waals surface area contributed by atoms with Crippen molar-refractivity contribution in [3.8, 4) is 0 Å². The third-order valence-corrected chi connectivity index (χ3v) is 4.36. The summed E-state index contributed by atoms with van der Waals surface area (Å²) in [5, 5.41) is 11.2. The van der Waals surface area contributed by atoms with Crippen molar-refractivity contribution in [2.75, 3.05) is 0 Å². The van der Waals surface area contributed by atoms with Gasteiger partial charge in [-0.15, -0.1) is 0 Å². The second-order valence-corrected chi connectivity index (χ2v) is 6.94. The van der Waals surface area contributed by atoms with Crippen LogP contribution in [-0.2, 0) is 12.0 Å². The summed E-state index contributed by atoms with van der Waals surface area (Å²) in [5.74, 6) is 0.612. The normalized spacial score (nSPS) is 14.2. The highest BCUT2D eigenvalue weighted by Gasteiger charge is 2.29. The molecule has 1 nitrogen and oxygen atoms in total. The smallest absolute Gasteiger partial charge is 0.114 e. The maximum atomic E-state index is 11.2. The predicted octanol–water partition coefficient (Wildman–Crippen LogP) is 5.29. The highest BCUT2D eigenvalue weighted by atomic mass is 79.9. The lowest BCUT2D eigenvalue weighted by atomic mass is 9.83. The van der Waals surface area contributed by atoms with Crippen LogP contribution in [0.4, 0.5) is 0 Å². The zero-order valence-electron chi connectivity index (χ0n) is 12.9. The molecule has 0 saturated carbocycles. The van der Waals surface area contributed by atoms with E-state index < -0.39 is 5.60 Å². The van der Waals surface area contributed by atoms with Crippen LogP contribution in [0.15, 0.2) is 53.0 Å². The standard InChI is InChI=1S/C19H23BrO/c1-4-19(21,17-9-6-10-18(20)13-17)16-8-5-7-15(12-16)11-14(2)3/h5-10,12-14,21H,4,11H2,1-3H3. The van der Waals surface area contributed by atoms with Gasteiger partial charge in [-0.25, -0.2) is 0 Å². The molecule has 0 fully saturated rings. The molecular formula is C19H23BrO. The van der Waals surface area contributed by atoms with Crippen molar-refractivity contribution in [1.82, 2.24) is 0 Å². The third-order valence-electron chi connectivity index (χ3n) is 3.86. The molecule has 112 valence electrons. The number of hydrogen-bond acceptors (Lipinski definition) is 1. The molecule has 0 aliphatic carbocycles. The molecule has 0 amide bonds. The molecule has 1 atom stereocenters. The lowest BCUT2D eigenvalue weighted by molar-refractivity contribution is 0.0764. The Bertz CT molecular complexity index is 606. The first-order valence-electron chi connectivity index (χ1n) is 7.53. The van der Waals surface area contributed by atoms with Crippen LogP contribution in [0.2, 0.25) is 0 Å². The SMILES string of the molecule is CCC(O)(c1cccc(Br)c1)c1cccc(CC(C)C)c1. The molecule has 0 radical (unpaired) electrons. The van der Waals surface area contributed by atoms with E-state index >= 15 is 0 Å². The maximum Gasteiger partial charge on any atom is 0.114 e. The summed E-state index contributed by atoms with van der Waals surface area (Å²) in [4.78, 5) is 0. The van der Waals surface area contributed by atoms with Gasteiger partial charge in [-0.1, -0.05) is 73.1 Å². The average Bonchev–Trinajstić information content (AvgIpc) is 2.46. The summed E-state index contributed by atoms with van der Waals surface area (Å²) in [5.41, 5.74) is 2.25. The fourth-order valence-electron chi connectivity index (χ4n) is 2.75. The summed E-state index contributed by atoms with van der Waals surface area (Å²) >= 11 is 3.49. The highest BCUT2D eigenvalue weighted by Crippen LogP contribution is 2.34. The van der Waals surface area contributed by atoms with Gasteiger partial charge in [-0.05, 0) is 47.6 Å². The Morgan fingerprint density at radius 1 is 1.05 bits per heavy atom. The Hall–Kier alpha value is -1.12. The van der Waals surface area contributed by atoms with Crippen LogP contribution in [0.25, 0.3) is 0 Å². The monoisotopic (exact) mass is 346 g/mol. The minimum Gasteiger partial charge on any atom is -0.380 e. The lowest BCUT2D eigenvalue weighted by Crippen LogP contribution is -2.26. The Morgan fingerprint density at radius 3 is 2.24 bits per heavy atom.